The van der Waals surface area contributed by atoms with Crippen LogP contribution in [0.5, 0.6) is 0 Å². The fourth-order valence-corrected chi connectivity index (χ4v) is 2.18. The second-order valence-corrected chi connectivity index (χ2v) is 5.17. The van der Waals surface area contributed by atoms with Crippen LogP contribution in [0.2, 0.25) is 0 Å². The van der Waals surface area contributed by atoms with Gasteiger partial charge in [-0.25, -0.2) is 0 Å². The first-order valence-electron chi connectivity index (χ1n) is 7.21. The van der Waals surface area contributed by atoms with Gasteiger partial charge in [-0.2, -0.15) is 0 Å². The highest BCUT2D eigenvalue weighted by atomic mass is 35.5. The number of amides is 1. The van der Waals surface area contributed by atoms with Crippen molar-refractivity contribution in [2.75, 3.05) is 11.2 Å². The van der Waals surface area contributed by atoms with E-state index in [0.29, 0.717) is 0 Å². The van der Waals surface area contributed by atoms with Crippen molar-refractivity contribution in [2.45, 2.75) is 51.9 Å². The summed E-state index contributed by atoms with van der Waals surface area (Å²) in [7, 11) is 0. The molecule has 1 rings (SSSR count). The Hall–Kier alpha value is -1.02. The SMILES string of the molecule is CCCCCCCCc1cccc(NC(=O)CCl)c1. The maximum atomic E-state index is 11.2. The normalized spacial score (nSPS) is 10.4. The number of hydrogen-bond donors (Lipinski definition) is 1. The fraction of sp³-hybridized carbons (Fsp3) is 0.562. The molecule has 0 saturated carbocycles. The molecule has 0 bridgehead atoms. The fourth-order valence-electron chi connectivity index (χ4n) is 2.11. The third-order valence-electron chi connectivity index (χ3n) is 3.15. The van der Waals surface area contributed by atoms with Gasteiger partial charge < -0.3 is 5.32 Å². The summed E-state index contributed by atoms with van der Waals surface area (Å²) in [4.78, 5) is 11.2. The number of hydrogen-bond acceptors (Lipinski definition) is 1. The van der Waals surface area contributed by atoms with E-state index in [1.54, 1.807) is 0 Å². The number of anilines is 1. The average Bonchev–Trinajstić information content (AvgIpc) is 2.43. The molecule has 1 amide bonds. The monoisotopic (exact) mass is 281 g/mol. The van der Waals surface area contributed by atoms with Gasteiger partial charge in [-0.05, 0) is 30.5 Å². The van der Waals surface area contributed by atoms with E-state index in [1.807, 2.05) is 18.2 Å². The van der Waals surface area contributed by atoms with Gasteiger partial charge >= 0.3 is 0 Å². The average molecular weight is 282 g/mol. The molecule has 19 heavy (non-hydrogen) atoms. The molecule has 0 fully saturated rings. The largest absolute Gasteiger partial charge is 0.325 e. The minimum Gasteiger partial charge on any atom is -0.325 e. The molecule has 3 heteroatoms. The van der Waals surface area contributed by atoms with Gasteiger partial charge in [0.15, 0.2) is 0 Å². The lowest BCUT2D eigenvalue weighted by Gasteiger charge is -2.06. The summed E-state index contributed by atoms with van der Waals surface area (Å²) < 4.78 is 0. The van der Waals surface area contributed by atoms with Gasteiger partial charge in [-0.1, -0.05) is 51.2 Å². The van der Waals surface area contributed by atoms with Crippen molar-refractivity contribution < 1.29 is 4.79 Å². The second kappa shape index (κ2) is 9.85. The van der Waals surface area contributed by atoms with Crippen molar-refractivity contribution in [3.63, 3.8) is 0 Å². The summed E-state index contributed by atoms with van der Waals surface area (Å²) in [6, 6.07) is 8.03. The maximum absolute atomic E-state index is 11.2. The predicted molar refractivity (Wildman–Crippen MR) is 82.9 cm³/mol. The zero-order valence-corrected chi connectivity index (χ0v) is 12.5. The molecule has 1 aromatic rings. The number of aryl methyl sites for hydroxylation is 1. The molecule has 2 nitrogen and oxygen atoms in total. The number of benzene rings is 1. The highest BCUT2D eigenvalue weighted by Crippen LogP contribution is 2.14. The lowest BCUT2D eigenvalue weighted by Crippen LogP contribution is -2.12. The van der Waals surface area contributed by atoms with E-state index in [2.05, 4.69) is 18.3 Å². The number of halogens is 1. The Morgan fingerprint density at radius 3 is 2.63 bits per heavy atom. The summed E-state index contributed by atoms with van der Waals surface area (Å²) in [5.74, 6) is -0.153. The smallest absolute Gasteiger partial charge is 0.239 e. The van der Waals surface area contributed by atoms with Gasteiger partial charge in [0, 0.05) is 5.69 Å². The summed E-state index contributed by atoms with van der Waals surface area (Å²) in [6.07, 6.45) is 8.91. The first-order valence-corrected chi connectivity index (χ1v) is 7.74. The van der Waals surface area contributed by atoms with Gasteiger partial charge in [-0.15, -0.1) is 11.6 Å². The van der Waals surface area contributed by atoms with Gasteiger partial charge in [0.1, 0.15) is 5.88 Å². The highest BCUT2D eigenvalue weighted by Gasteiger charge is 2.01. The Bertz CT molecular complexity index is 379. The van der Waals surface area contributed by atoms with Crippen LogP contribution in [-0.2, 0) is 11.2 Å². The Morgan fingerprint density at radius 1 is 1.16 bits per heavy atom. The highest BCUT2D eigenvalue weighted by molar-refractivity contribution is 6.29. The summed E-state index contributed by atoms with van der Waals surface area (Å²) >= 11 is 5.47. The van der Waals surface area contributed by atoms with Crippen molar-refractivity contribution in [1.82, 2.24) is 0 Å². The molecular formula is C16H24ClNO. The van der Waals surface area contributed by atoms with Gasteiger partial charge in [0.05, 0.1) is 0 Å². The molecule has 0 aromatic heterocycles. The van der Waals surface area contributed by atoms with E-state index in [9.17, 15) is 4.79 Å². The third kappa shape index (κ3) is 7.22. The van der Waals surface area contributed by atoms with Crippen LogP contribution in [0.15, 0.2) is 24.3 Å². The molecule has 0 aliphatic rings. The maximum Gasteiger partial charge on any atom is 0.239 e. The molecule has 0 heterocycles. The molecule has 0 unspecified atom stereocenters. The van der Waals surface area contributed by atoms with Crippen LogP contribution in [0.1, 0.15) is 51.0 Å². The topological polar surface area (TPSA) is 29.1 Å². The first kappa shape index (κ1) is 16.0. The van der Waals surface area contributed by atoms with Crippen LogP contribution < -0.4 is 5.32 Å². The Kier molecular flexibility index (Phi) is 8.31. The van der Waals surface area contributed by atoms with Crippen molar-refractivity contribution in [2.24, 2.45) is 0 Å². The predicted octanol–water partition coefficient (Wildman–Crippen LogP) is 4.77. The quantitative estimate of drug-likeness (QED) is 0.513. The first-order chi connectivity index (χ1) is 9.26. The summed E-state index contributed by atoms with van der Waals surface area (Å²) in [5, 5.41) is 2.78. The number of nitrogens with one attached hydrogen (secondary N) is 1. The zero-order valence-electron chi connectivity index (χ0n) is 11.8. The molecule has 0 aliphatic carbocycles. The second-order valence-electron chi connectivity index (χ2n) is 4.90. The van der Waals surface area contributed by atoms with Gasteiger partial charge in [-0.3, -0.25) is 4.79 Å². The van der Waals surface area contributed by atoms with Crippen molar-refractivity contribution in [3.8, 4) is 0 Å². The van der Waals surface area contributed by atoms with E-state index in [4.69, 9.17) is 11.6 Å². The van der Waals surface area contributed by atoms with E-state index in [0.717, 1.165) is 12.1 Å². The summed E-state index contributed by atoms with van der Waals surface area (Å²) in [6.45, 7) is 2.24. The van der Waals surface area contributed by atoms with Crippen molar-refractivity contribution in [3.05, 3.63) is 29.8 Å². The van der Waals surface area contributed by atoms with E-state index in [-0.39, 0.29) is 11.8 Å². The van der Waals surface area contributed by atoms with Crippen molar-refractivity contribution >= 4 is 23.2 Å². The lowest BCUT2D eigenvalue weighted by atomic mass is 10.0. The van der Waals surface area contributed by atoms with Gasteiger partial charge in [0.2, 0.25) is 5.91 Å². The van der Waals surface area contributed by atoms with Gasteiger partial charge in [0.25, 0.3) is 0 Å². The number of carbonyl (C=O) groups excluding carboxylic acids is 1. The number of rotatable bonds is 9. The minimum absolute atomic E-state index is 0.00164. The van der Waals surface area contributed by atoms with E-state index < -0.39 is 0 Å². The number of carbonyl (C=O) groups is 1. The van der Waals surface area contributed by atoms with E-state index in [1.165, 1.54) is 44.1 Å². The minimum atomic E-state index is -0.154. The van der Waals surface area contributed by atoms with Crippen LogP contribution in [-0.4, -0.2) is 11.8 Å². The molecule has 0 saturated heterocycles. The molecule has 0 atom stereocenters. The lowest BCUT2D eigenvalue weighted by molar-refractivity contribution is -0.113. The Labute approximate surface area is 121 Å². The molecule has 0 spiro atoms. The van der Waals surface area contributed by atoms with Crippen LogP contribution in [0.25, 0.3) is 0 Å². The number of unbranched alkanes of at least 4 members (excludes halogenated alkanes) is 5. The van der Waals surface area contributed by atoms with Crippen LogP contribution in [0.3, 0.4) is 0 Å². The molecular weight excluding hydrogens is 258 g/mol. The molecule has 106 valence electrons. The standard InChI is InChI=1S/C16H24ClNO/c1-2-3-4-5-6-7-9-14-10-8-11-15(12-14)18-16(19)13-17/h8,10-12H,2-7,9,13H2,1H3,(H,18,19). The van der Waals surface area contributed by atoms with Crippen LogP contribution in [0.4, 0.5) is 5.69 Å². The Morgan fingerprint density at radius 2 is 1.89 bits per heavy atom. The summed E-state index contributed by atoms with van der Waals surface area (Å²) in [5.41, 5.74) is 2.12. The van der Waals surface area contributed by atoms with Crippen LogP contribution >= 0.6 is 11.6 Å². The zero-order chi connectivity index (χ0) is 13.9. The molecule has 0 radical (unpaired) electrons. The van der Waals surface area contributed by atoms with Crippen LogP contribution in [0, 0.1) is 0 Å². The number of alkyl halides is 1. The molecule has 1 aromatic carbocycles. The van der Waals surface area contributed by atoms with E-state index >= 15 is 0 Å². The third-order valence-corrected chi connectivity index (χ3v) is 3.39. The molecule has 0 aliphatic heterocycles. The Balaban J connectivity index is 2.30. The van der Waals surface area contributed by atoms with Crippen molar-refractivity contribution in [1.29, 1.82) is 0 Å². The molecule has 1 N–H and O–H groups in total.